The summed E-state index contributed by atoms with van der Waals surface area (Å²) in [5, 5.41) is 26.2. The third kappa shape index (κ3) is 6.36. The zero-order chi connectivity index (χ0) is 22.5. The molecule has 0 aliphatic heterocycles. The Morgan fingerprint density at radius 3 is 2.27 bits per heavy atom. The number of rotatable bonds is 8. The SMILES string of the molecule is CC(C)(C)[C@@](Cc1cc(F)cc(F)c1)(NC(=O)O)[C@H](O)CNCc1cccc(I)c1. The fraction of sp³-hybridized carbons (Fsp3) is 0.409. The first kappa shape index (κ1) is 24.5. The zero-order valence-electron chi connectivity index (χ0n) is 17.2. The van der Waals surface area contributed by atoms with Gasteiger partial charge in [0, 0.05) is 22.7 Å². The number of nitrogens with one attached hydrogen (secondary N) is 2. The summed E-state index contributed by atoms with van der Waals surface area (Å²) >= 11 is 2.21. The maximum Gasteiger partial charge on any atom is 0.405 e. The second-order valence-electron chi connectivity index (χ2n) is 8.38. The molecule has 2 aromatic carbocycles. The van der Waals surface area contributed by atoms with Crippen molar-refractivity contribution in [2.24, 2.45) is 5.41 Å². The highest BCUT2D eigenvalue weighted by atomic mass is 127. The van der Waals surface area contributed by atoms with Crippen LogP contribution in [-0.4, -0.2) is 34.5 Å². The monoisotopic (exact) mass is 532 g/mol. The Kier molecular flexibility index (Phi) is 8.18. The van der Waals surface area contributed by atoms with Gasteiger partial charge in [0.05, 0.1) is 11.6 Å². The van der Waals surface area contributed by atoms with E-state index >= 15 is 0 Å². The summed E-state index contributed by atoms with van der Waals surface area (Å²) in [5.41, 5.74) is -0.879. The van der Waals surface area contributed by atoms with E-state index in [1.807, 2.05) is 24.3 Å². The highest BCUT2D eigenvalue weighted by Gasteiger charge is 2.49. The van der Waals surface area contributed by atoms with Crippen molar-refractivity contribution in [3.05, 3.63) is 68.8 Å². The average Bonchev–Trinajstić information content (AvgIpc) is 2.58. The summed E-state index contributed by atoms with van der Waals surface area (Å²) < 4.78 is 28.5. The second-order valence-corrected chi connectivity index (χ2v) is 9.63. The van der Waals surface area contributed by atoms with Crippen molar-refractivity contribution in [1.82, 2.24) is 10.6 Å². The molecule has 0 fully saturated rings. The molecule has 164 valence electrons. The number of benzene rings is 2. The fourth-order valence-electron chi connectivity index (χ4n) is 3.60. The van der Waals surface area contributed by atoms with E-state index in [0.717, 1.165) is 27.3 Å². The molecule has 2 rings (SSSR count). The molecule has 8 heteroatoms. The minimum atomic E-state index is -1.39. The lowest BCUT2D eigenvalue weighted by molar-refractivity contribution is -0.00893. The maximum atomic E-state index is 13.7. The van der Waals surface area contributed by atoms with Crippen molar-refractivity contribution < 1.29 is 23.8 Å². The first-order chi connectivity index (χ1) is 13.9. The van der Waals surface area contributed by atoms with E-state index in [1.165, 1.54) is 0 Å². The molecule has 0 saturated carbocycles. The molecular formula is C22H27F2IN2O3. The largest absolute Gasteiger partial charge is 0.465 e. The third-order valence-electron chi connectivity index (χ3n) is 5.20. The van der Waals surface area contributed by atoms with E-state index in [1.54, 1.807) is 20.8 Å². The van der Waals surface area contributed by atoms with Crippen LogP contribution < -0.4 is 10.6 Å². The minimum absolute atomic E-state index is 0.0798. The first-order valence-corrected chi connectivity index (χ1v) is 10.6. The van der Waals surface area contributed by atoms with Crippen molar-refractivity contribution in [3.8, 4) is 0 Å². The van der Waals surface area contributed by atoms with Gasteiger partial charge in [-0.25, -0.2) is 13.6 Å². The number of hydrogen-bond donors (Lipinski definition) is 4. The summed E-state index contributed by atoms with van der Waals surface area (Å²) in [7, 11) is 0. The van der Waals surface area contributed by atoms with Gasteiger partial charge in [0.15, 0.2) is 0 Å². The van der Waals surface area contributed by atoms with Crippen molar-refractivity contribution in [1.29, 1.82) is 0 Å². The molecule has 0 aliphatic rings. The van der Waals surface area contributed by atoms with Crippen LogP contribution >= 0.6 is 22.6 Å². The van der Waals surface area contributed by atoms with Crippen LogP contribution in [0.4, 0.5) is 13.6 Å². The summed E-state index contributed by atoms with van der Waals surface area (Å²) in [6, 6.07) is 10.9. The molecule has 5 nitrogen and oxygen atoms in total. The Morgan fingerprint density at radius 1 is 1.10 bits per heavy atom. The maximum absolute atomic E-state index is 13.7. The number of aliphatic hydroxyl groups excluding tert-OH is 1. The molecule has 4 N–H and O–H groups in total. The average molecular weight is 532 g/mol. The Hall–Kier alpha value is -1.78. The molecule has 0 aliphatic carbocycles. The highest BCUT2D eigenvalue weighted by Crippen LogP contribution is 2.37. The van der Waals surface area contributed by atoms with E-state index in [0.29, 0.717) is 6.54 Å². The molecule has 1 amide bonds. The second kappa shape index (κ2) is 10.0. The van der Waals surface area contributed by atoms with Gasteiger partial charge >= 0.3 is 6.09 Å². The molecule has 0 aromatic heterocycles. The van der Waals surface area contributed by atoms with E-state index in [-0.39, 0.29) is 18.5 Å². The van der Waals surface area contributed by atoms with E-state index in [2.05, 4.69) is 33.2 Å². The smallest absolute Gasteiger partial charge is 0.405 e. The predicted molar refractivity (Wildman–Crippen MR) is 120 cm³/mol. The van der Waals surface area contributed by atoms with Crippen molar-refractivity contribution in [2.45, 2.75) is 45.4 Å². The van der Waals surface area contributed by atoms with E-state index in [9.17, 15) is 23.8 Å². The van der Waals surface area contributed by atoms with Crippen LogP contribution in [0.15, 0.2) is 42.5 Å². The summed E-state index contributed by atoms with van der Waals surface area (Å²) in [5.74, 6) is -1.51. The topological polar surface area (TPSA) is 81.6 Å². The Balaban J connectivity index is 2.29. The van der Waals surface area contributed by atoms with E-state index in [4.69, 9.17) is 0 Å². The number of carboxylic acid groups (broad SMARTS) is 1. The first-order valence-electron chi connectivity index (χ1n) is 9.52. The van der Waals surface area contributed by atoms with Crippen molar-refractivity contribution in [3.63, 3.8) is 0 Å². The van der Waals surface area contributed by atoms with Gasteiger partial charge in [-0.15, -0.1) is 0 Å². The Labute approximate surface area is 189 Å². The van der Waals surface area contributed by atoms with Crippen molar-refractivity contribution in [2.75, 3.05) is 6.54 Å². The number of amides is 1. The van der Waals surface area contributed by atoms with Crippen LogP contribution in [0, 0.1) is 20.6 Å². The van der Waals surface area contributed by atoms with Crippen LogP contribution in [-0.2, 0) is 13.0 Å². The molecule has 2 aromatic rings. The Morgan fingerprint density at radius 2 is 1.73 bits per heavy atom. The predicted octanol–water partition coefficient (Wildman–Crippen LogP) is 4.32. The summed E-state index contributed by atoms with van der Waals surface area (Å²) in [6.45, 7) is 5.90. The van der Waals surface area contributed by atoms with Gasteiger partial charge in [0.1, 0.15) is 11.6 Å². The zero-order valence-corrected chi connectivity index (χ0v) is 19.3. The van der Waals surface area contributed by atoms with Crippen molar-refractivity contribution >= 4 is 28.7 Å². The third-order valence-corrected chi connectivity index (χ3v) is 5.87. The number of carbonyl (C=O) groups is 1. The van der Waals surface area contributed by atoms with Gasteiger partial charge in [-0.2, -0.15) is 0 Å². The molecular weight excluding hydrogens is 505 g/mol. The van der Waals surface area contributed by atoms with Gasteiger partial charge in [-0.3, -0.25) is 0 Å². The lowest BCUT2D eigenvalue weighted by Gasteiger charge is -2.48. The number of hydrogen-bond acceptors (Lipinski definition) is 3. The lowest BCUT2D eigenvalue weighted by atomic mass is 9.66. The highest BCUT2D eigenvalue weighted by molar-refractivity contribution is 14.1. The van der Waals surface area contributed by atoms with Crippen LogP contribution in [0.2, 0.25) is 0 Å². The Bertz CT molecular complexity index is 869. The molecule has 0 bridgehead atoms. The van der Waals surface area contributed by atoms with Gasteiger partial charge < -0.3 is 20.8 Å². The molecule has 2 atom stereocenters. The van der Waals surface area contributed by atoms with E-state index < -0.39 is 34.8 Å². The molecule has 0 saturated heterocycles. The van der Waals surface area contributed by atoms with Gasteiger partial charge in [-0.05, 0) is 69.8 Å². The quantitative estimate of drug-likeness (QED) is 0.382. The standard InChI is InChI=1S/C22H27F2IN2O3/c1-21(2,3)22(27-20(29)30,11-15-7-16(23)10-17(24)8-15)19(28)13-26-12-14-5-4-6-18(25)9-14/h4-10,19,26-28H,11-13H2,1-3H3,(H,29,30)/t19-,22+/m1/s1. The van der Waals surface area contributed by atoms with Gasteiger partial charge in [-0.1, -0.05) is 32.9 Å². The van der Waals surface area contributed by atoms with Gasteiger partial charge in [0.25, 0.3) is 0 Å². The number of aliphatic hydroxyl groups is 1. The number of halogens is 3. The van der Waals surface area contributed by atoms with Crippen LogP contribution in [0.5, 0.6) is 0 Å². The summed E-state index contributed by atoms with van der Waals surface area (Å²) in [6.07, 6.45) is -2.56. The fourth-order valence-corrected chi connectivity index (χ4v) is 4.21. The van der Waals surface area contributed by atoms with Crippen LogP contribution in [0.25, 0.3) is 0 Å². The molecule has 0 heterocycles. The summed E-state index contributed by atoms with van der Waals surface area (Å²) in [4.78, 5) is 11.6. The van der Waals surface area contributed by atoms with Gasteiger partial charge in [0.2, 0.25) is 0 Å². The minimum Gasteiger partial charge on any atom is -0.465 e. The van der Waals surface area contributed by atoms with Crippen LogP contribution in [0.1, 0.15) is 31.9 Å². The molecule has 0 spiro atoms. The normalized spacial score (nSPS) is 14.8. The van der Waals surface area contributed by atoms with Crippen LogP contribution in [0.3, 0.4) is 0 Å². The molecule has 0 radical (unpaired) electrons. The molecule has 30 heavy (non-hydrogen) atoms. The lowest BCUT2D eigenvalue weighted by Crippen LogP contribution is -2.67. The molecule has 0 unspecified atom stereocenters.